The Morgan fingerprint density at radius 3 is 2.48 bits per heavy atom. The molecule has 0 saturated carbocycles. The molecule has 8 heteroatoms. The maximum absolute atomic E-state index is 13.3. The van der Waals surface area contributed by atoms with Gasteiger partial charge in [0.1, 0.15) is 5.75 Å². The Balaban J connectivity index is 1.75. The number of benzene rings is 3. The summed E-state index contributed by atoms with van der Waals surface area (Å²) in [5.74, 6) is 0.213. The van der Waals surface area contributed by atoms with E-state index in [1.54, 1.807) is 55.8 Å². The predicted molar refractivity (Wildman–Crippen MR) is 131 cm³/mol. The molecule has 0 aliphatic carbocycles. The average molecular weight is 481 g/mol. The van der Waals surface area contributed by atoms with Gasteiger partial charge in [0.25, 0.3) is 5.91 Å². The van der Waals surface area contributed by atoms with Gasteiger partial charge in [-0.3, -0.25) is 4.79 Å². The molecule has 3 aromatic carbocycles. The van der Waals surface area contributed by atoms with E-state index >= 15 is 0 Å². The summed E-state index contributed by atoms with van der Waals surface area (Å²) in [6, 6.07) is 20.5. The van der Waals surface area contributed by atoms with Gasteiger partial charge in [-0.25, -0.2) is 8.42 Å². The Labute approximate surface area is 197 Å². The van der Waals surface area contributed by atoms with Crippen LogP contribution in [0.5, 0.6) is 5.75 Å². The van der Waals surface area contributed by atoms with Gasteiger partial charge in [-0.2, -0.15) is 0 Å². The lowest BCUT2D eigenvalue weighted by molar-refractivity contribution is 0.102. The molecular formula is C25H21ClN2O4S. The lowest BCUT2D eigenvalue weighted by Gasteiger charge is -2.14. The molecule has 33 heavy (non-hydrogen) atoms. The number of H-pyrrole nitrogens is 1. The number of nitrogens with one attached hydrogen (secondary N) is 2. The van der Waals surface area contributed by atoms with E-state index in [0.29, 0.717) is 33.1 Å². The average Bonchev–Trinajstić information content (AvgIpc) is 3.34. The molecule has 0 saturated heterocycles. The van der Waals surface area contributed by atoms with Crippen LogP contribution < -0.4 is 10.1 Å². The number of anilines is 1. The summed E-state index contributed by atoms with van der Waals surface area (Å²) < 4.78 is 29.6. The Hall–Kier alpha value is -3.55. The molecule has 4 aromatic rings. The maximum Gasteiger partial charge on any atom is 0.256 e. The Bertz CT molecular complexity index is 1430. The van der Waals surface area contributed by atoms with Gasteiger partial charge in [-0.1, -0.05) is 23.7 Å². The van der Waals surface area contributed by atoms with E-state index < -0.39 is 9.84 Å². The van der Waals surface area contributed by atoms with Crippen molar-refractivity contribution >= 4 is 33.0 Å². The zero-order chi connectivity index (χ0) is 23.6. The number of carbonyl (C=O) groups is 1. The third-order valence-corrected chi connectivity index (χ3v) is 6.60. The van der Waals surface area contributed by atoms with Crippen molar-refractivity contribution in [3.8, 4) is 28.1 Å². The second-order valence-electron chi connectivity index (χ2n) is 7.44. The largest absolute Gasteiger partial charge is 0.497 e. The smallest absolute Gasteiger partial charge is 0.256 e. The van der Waals surface area contributed by atoms with Crippen molar-refractivity contribution in [2.45, 2.75) is 4.90 Å². The van der Waals surface area contributed by atoms with Gasteiger partial charge < -0.3 is 15.0 Å². The number of methoxy groups -OCH3 is 1. The minimum absolute atomic E-state index is 0.123. The second kappa shape index (κ2) is 9.13. The number of ether oxygens (including phenoxy) is 1. The fourth-order valence-electron chi connectivity index (χ4n) is 3.49. The lowest BCUT2D eigenvalue weighted by atomic mass is 9.98. The first kappa shape index (κ1) is 22.6. The summed E-state index contributed by atoms with van der Waals surface area (Å²) >= 11 is 6.33. The molecule has 0 spiro atoms. The first-order valence-electron chi connectivity index (χ1n) is 9.99. The van der Waals surface area contributed by atoms with Gasteiger partial charge >= 0.3 is 0 Å². The minimum Gasteiger partial charge on any atom is -0.497 e. The quantitative estimate of drug-likeness (QED) is 0.372. The molecule has 168 valence electrons. The van der Waals surface area contributed by atoms with Crippen LogP contribution in [-0.4, -0.2) is 32.7 Å². The summed E-state index contributed by atoms with van der Waals surface area (Å²) in [6.07, 6.45) is 2.92. The Morgan fingerprint density at radius 2 is 1.79 bits per heavy atom. The van der Waals surface area contributed by atoms with Crippen LogP contribution in [0.1, 0.15) is 10.4 Å². The number of hydrogen-bond donors (Lipinski definition) is 2. The Morgan fingerprint density at radius 1 is 0.970 bits per heavy atom. The highest BCUT2D eigenvalue weighted by Crippen LogP contribution is 2.32. The molecule has 0 aliphatic heterocycles. The molecule has 0 aliphatic rings. The number of hydrogen-bond acceptors (Lipinski definition) is 4. The molecule has 0 unspecified atom stereocenters. The number of sulfone groups is 1. The molecule has 0 bridgehead atoms. The normalized spacial score (nSPS) is 11.2. The molecule has 0 radical (unpaired) electrons. The van der Waals surface area contributed by atoms with Gasteiger partial charge in [0, 0.05) is 35.0 Å². The van der Waals surface area contributed by atoms with E-state index in [1.165, 1.54) is 18.2 Å². The van der Waals surface area contributed by atoms with Gasteiger partial charge in [-0.15, -0.1) is 0 Å². The summed E-state index contributed by atoms with van der Waals surface area (Å²) in [7, 11) is -1.92. The van der Waals surface area contributed by atoms with Crippen LogP contribution in [0.25, 0.3) is 22.4 Å². The first-order chi connectivity index (χ1) is 15.8. The second-order valence-corrected chi connectivity index (χ2v) is 9.87. The first-order valence-corrected chi connectivity index (χ1v) is 12.3. The monoisotopic (exact) mass is 480 g/mol. The SMILES string of the molecule is COc1cccc(-c2cc(S(C)(=O)=O)ccc2C(=O)Nc2ccc(Cl)c(-c3ccc[nH]3)c2)c1. The molecule has 1 amide bonds. The zero-order valence-corrected chi connectivity index (χ0v) is 19.5. The Kier molecular flexibility index (Phi) is 6.26. The summed E-state index contributed by atoms with van der Waals surface area (Å²) in [5, 5.41) is 3.44. The fourth-order valence-corrected chi connectivity index (χ4v) is 4.35. The van der Waals surface area contributed by atoms with E-state index in [1.807, 2.05) is 12.1 Å². The maximum atomic E-state index is 13.3. The minimum atomic E-state index is -3.47. The lowest BCUT2D eigenvalue weighted by Crippen LogP contribution is -2.14. The van der Waals surface area contributed by atoms with Crippen LogP contribution in [0.4, 0.5) is 5.69 Å². The standard InChI is InChI=1S/C25H21ClN2O4S/c1-32-18-6-3-5-16(13-18)21-15-19(33(2,30)31)9-10-20(21)25(29)28-17-8-11-23(26)22(14-17)24-7-4-12-27-24/h3-15,27H,1-2H3,(H,28,29). The van der Waals surface area contributed by atoms with Crippen molar-refractivity contribution in [3.05, 3.63) is 89.6 Å². The molecule has 1 heterocycles. The van der Waals surface area contributed by atoms with Crippen molar-refractivity contribution in [1.29, 1.82) is 0 Å². The third-order valence-electron chi connectivity index (χ3n) is 5.16. The van der Waals surface area contributed by atoms with Crippen molar-refractivity contribution in [2.24, 2.45) is 0 Å². The van der Waals surface area contributed by atoms with E-state index in [2.05, 4.69) is 10.3 Å². The molecule has 0 atom stereocenters. The topological polar surface area (TPSA) is 88.3 Å². The number of halogens is 1. The van der Waals surface area contributed by atoms with Crippen LogP contribution in [0.2, 0.25) is 5.02 Å². The fraction of sp³-hybridized carbons (Fsp3) is 0.0800. The number of carbonyl (C=O) groups excluding carboxylic acids is 1. The van der Waals surface area contributed by atoms with E-state index in [0.717, 1.165) is 17.5 Å². The molecule has 1 aromatic heterocycles. The highest BCUT2D eigenvalue weighted by Gasteiger charge is 2.18. The molecular weight excluding hydrogens is 460 g/mol. The van der Waals surface area contributed by atoms with Gasteiger partial charge in [-0.05, 0) is 71.8 Å². The van der Waals surface area contributed by atoms with Crippen LogP contribution >= 0.6 is 11.6 Å². The number of amides is 1. The summed E-state index contributed by atoms with van der Waals surface area (Å²) in [5.41, 5.74) is 3.59. The van der Waals surface area contributed by atoms with Crippen molar-refractivity contribution in [2.75, 3.05) is 18.7 Å². The van der Waals surface area contributed by atoms with Crippen molar-refractivity contribution in [3.63, 3.8) is 0 Å². The highest BCUT2D eigenvalue weighted by atomic mass is 35.5. The summed E-state index contributed by atoms with van der Waals surface area (Å²) in [4.78, 5) is 16.5. The van der Waals surface area contributed by atoms with Gasteiger partial charge in [0.15, 0.2) is 9.84 Å². The van der Waals surface area contributed by atoms with Crippen LogP contribution in [0.15, 0.2) is 83.9 Å². The van der Waals surface area contributed by atoms with Crippen LogP contribution in [0, 0.1) is 0 Å². The zero-order valence-electron chi connectivity index (χ0n) is 17.9. The highest BCUT2D eigenvalue weighted by molar-refractivity contribution is 7.90. The predicted octanol–water partition coefficient (Wildman–Crippen LogP) is 5.67. The van der Waals surface area contributed by atoms with Crippen LogP contribution in [-0.2, 0) is 9.84 Å². The van der Waals surface area contributed by atoms with E-state index in [4.69, 9.17) is 16.3 Å². The van der Waals surface area contributed by atoms with E-state index in [9.17, 15) is 13.2 Å². The number of rotatable bonds is 6. The number of aromatic nitrogens is 1. The molecule has 2 N–H and O–H groups in total. The van der Waals surface area contributed by atoms with Crippen molar-refractivity contribution in [1.82, 2.24) is 4.98 Å². The third kappa shape index (κ3) is 4.94. The number of aromatic amines is 1. The molecule has 6 nitrogen and oxygen atoms in total. The van der Waals surface area contributed by atoms with Gasteiger partial charge in [0.05, 0.1) is 17.0 Å². The summed E-state index contributed by atoms with van der Waals surface area (Å²) in [6.45, 7) is 0. The van der Waals surface area contributed by atoms with E-state index in [-0.39, 0.29) is 10.8 Å². The molecule has 4 rings (SSSR count). The molecule has 0 fully saturated rings. The van der Waals surface area contributed by atoms with Gasteiger partial charge in [0.2, 0.25) is 0 Å². The van der Waals surface area contributed by atoms with Crippen LogP contribution in [0.3, 0.4) is 0 Å². The van der Waals surface area contributed by atoms with Crippen molar-refractivity contribution < 1.29 is 17.9 Å².